The molecule has 0 aromatic heterocycles. The second-order valence-electron chi connectivity index (χ2n) is 10.5. The molecule has 0 saturated heterocycles. The standard InChI is InChI=1S/C26H31N3O6S2/c1-15(2)12-13-26(5)19-9-7-6-8-18(19)23(30)22(24(26)31)25-27-20-11-10-17(28-36(32,33)16(3)4)14-21(20)37(34,35)29-25/h6-11,14-16,22,28H,12-13H2,1-5H3,(H,27,29). The van der Waals surface area contributed by atoms with Crippen LogP contribution in [0, 0.1) is 11.8 Å². The maximum Gasteiger partial charge on any atom is 0.286 e. The van der Waals surface area contributed by atoms with Crippen molar-refractivity contribution in [3.8, 4) is 0 Å². The van der Waals surface area contributed by atoms with Gasteiger partial charge >= 0.3 is 0 Å². The summed E-state index contributed by atoms with van der Waals surface area (Å²) in [5.41, 5.74) is 0.206. The van der Waals surface area contributed by atoms with Crippen molar-refractivity contribution >= 4 is 48.8 Å². The van der Waals surface area contributed by atoms with E-state index >= 15 is 0 Å². The molecule has 11 heteroatoms. The van der Waals surface area contributed by atoms with Gasteiger partial charge in [0.1, 0.15) is 16.6 Å². The summed E-state index contributed by atoms with van der Waals surface area (Å²) in [6, 6.07) is 10.9. The number of anilines is 2. The molecule has 1 aliphatic heterocycles. The van der Waals surface area contributed by atoms with Gasteiger partial charge in [0.05, 0.1) is 16.4 Å². The number of hydrogen-bond acceptors (Lipinski definition) is 7. The first-order valence-corrected chi connectivity index (χ1v) is 15.1. The van der Waals surface area contributed by atoms with E-state index in [1.54, 1.807) is 31.2 Å². The maximum absolute atomic E-state index is 13.9. The van der Waals surface area contributed by atoms with Gasteiger partial charge in [0.2, 0.25) is 10.0 Å². The number of amidine groups is 1. The molecule has 198 valence electrons. The van der Waals surface area contributed by atoms with Crippen molar-refractivity contribution in [2.45, 2.75) is 63.0 Å². The quantitative estimate of drug-likeness (QED) is 0.499. The molecule has 4 rings (SSSR count). The molecule has 1 aliphatic carbocycles. The van der Waals surface area contributed by atoms with Crippen molar-refractivity contribution in [1.29, 1.82) is 0 Å². The van der Waals surface area contributed by atoms with E-state index < -0.39 is 48.2 Å². The van der Waals surface area contributed by atoms with Gasteiger partial charge < -0.3 is 5.32 Å². The highest BCUT2D eigenvalue weighted by molar-refractivity contribution is 7.93. The van der Waals surface area contributed by atoms with Crippen LogP contribution in [0.5, 0.6) is 0 Å². The Balaban J connectivity index is 1.76. The van der Waals surface area contributed by atoms with Gasteiger partial charge in [-0.15, -0.1) is 4.40 Å². The lowest BCUT2D eigenvalue weighted by Crippen LogP contribution is -2.51. The van der Waals surface area contributed by atoms with Crippen molar-refractivity contribution in [3.63, 3.8) is 0 Å². The molecule has 9 nitrogen and oxygen atoms in total. The Hall–Kier alpha value is -3.05. The Labute approximate surface area is 217 Å². The van der Waals surface area contributed by atoms with E-state index in [0.717, 1.165) is 6.42 Å². The van der Waals surface area contributed by atoms with Gasteiger partial charge in [-0.3, -0.25) is 14.3 Å². The molecular formula is C26H31N3O6S2. The number of nitrogens with zero attached hydrogens (tertiary/aromatic N) is 1. The van der Waals surface area contributed by atoms with Gasteiger partial charge in [-0.05, 0) is 63.3 Å². The van der Waals surface area contributed by atoms with Crippen molar-refractivity contribution in [2.75, 3.05) is 10.0 Å². The number of fused-ring (bicyclic) bond motifs is 2. The van der Waals surface area contributed by atoms with E-state index in [0.29, 0.717) is 23.5 Å². The number of ketones is 2. The van der Waals surface area contributed by atoms with Crippen LogP contribution < -0.4 is 10.0 Å². The number of Topliss-reactive ketones (excluding diaryl/α,β-unsaturated/α-hetero) is 2. The smallest absolute Gasteiger partial charge is 0.286 e. The van der Waals surface area contributed by atoms with E-state index in [1.807, 2.05) is 0 Å². The highest BCUT2D eigenvalue weighted by Crippen LogP contribution is 2.43. The van der Waals surface area contributed by atoms with Gasteiger partial charge in [0.15, 0.2) is 11.6 Å². The Morgan fingerprint density at radius 2 is 1.76 bits per heavy atom. The van der Waals surface area contributed by atoms with E-state index in [4.69, 9.17) is 0 Å². The fourth-order valence-electron chi connectivity index (χ4n) is 4.64. The first-order valence-electron chi connectivity index (χ1n) is 12.1. The van der Waals surface area contributed by atoms with Crippen LogP contribution >= 0.6 is 0 Å². The zero-order chi connectivity index (χ0) is 27.3. The molecule has 2 aromatic carbocycles. The molecule has 1 heterocycles. The normalized spacial score (nSPS) is 22.8. The lowest BCUT2D eigenvalue weighted by molar-refractivity contribution is -0.125. The molecular weight excluding hydrogens is 514 g/mol. The summed E-state index contributed by atoms with van der Waals surface area (Å²) >= 11 is 0. The first kappa shape index (κ1) is 27.0. The minimum absolute atomic E-state index is 0.0662. The van der Waals surface area contributed by atoms with E-state index in [1.165, 1.54) is 32.0 Å². The number of carbonyl (C=O) groups is 2. The molecule has 0 saturated carbocycles. The first-order chi connectivity index (χ1) is 17.2. The van der Waals surface area contributed by atoms with E-state index in [9.17, 15) is 26.4 Å². The van der Waals surface area contributed by atoms with Crippen LogP contribution in [0.2, 0.25) is 0 Å². The highest BCUT2D eigenvalue weighted by Gasteiger charge is 2.51. The topological polar surface area (TPSA) is 139 Å². The van der Waals surface area contributed by atoms with Crippen molar-refractivity contribution in [2.24, 2.45) is 16.2 Å². The lowest BCUT2D eigenvalue weighted by Gasteiger charge is -2.39. The highest BCUT2D eigenvalue weighted by atomic mass is 32.2. The molecule has 0 bridgehead atoms. The van der Waals surface area contributed by atoms with Gasteiger partial charge in [-0.25, -0.2) is 8.42 Å². The van der Waals surface area contributed by atoms with E-state index in [-0.39, 0.29) is 22.1 Å². The second-order valence-corrected chi connectivity index (χ2v) is 14.3. The third-order valence-corrected chi connectivity index (χ3v) is 10.1. The zero-order valence-corrected chi connectivity index (χ0v) is 23.0. The zero-order valence-electron chi connectivity index (χ0n) is 21.4. The van der Waals surface area contributed by atoms with Crippen LogP contribution in [0.1, 0.15) is 63.4 Å². The number of sulfonamides is 2. The van der Waals surface area contributed by atoms with Crippen molar-refractivity contribution in [3.05, 3.63) is 53.6 Å². The number of hydrogen-bond donors (Lipinski definition) is 2. The fraction of sp³-hybridized carbons (Fsp3) is 0.423. The summed E-state index contributed by atoms with van der Waals surface area (Å²) in [6.45, 7) is 8.91. The number of benzene rings is 2. The van der Waals surface area contributed by atoms with Gasteiger partial charge in [0, 0.05) is 11.3 Å². The SMILES string of the molecule is CC(C)CCC1(C)C(=O)C(C2=NS(=O)(=O)c3cc(NS(=O)(=O)C(C)C)ccc3N2)C(=O)c2ccccc21. The van der Waals surface area contributed by atoms with Crippen LogP contribution in [0.25, 0.3) is 0 Å². The minimum atomic E-state index is -4.34. The molecule has 0 radical (unpaired) electrons. The van der Waals surface area contributed by atoms with Crippen LogP contribution in [-0.4, -0.2) is 39.5 Å². The summed E-state index contributed by atoms with van der Waals surface area (Å²) < 4.78 is 57.1. The third-order valence-electron chi connectivity index (χ3n) is 6.97. The van der Waals surface area contributed by atoms with Crippen LogP contribution in [0.4, 0.5) is 11.4 Å². The predicted molar refractivity (Wildman–Crippen MR) is 143 cm³/mol. The monoisotopic (exact) mass is 545 g/mol. The number of rotatable bonds is 7. The van der Waals surface area contributed by atoms with Gasteiger partial charge in [-0.1, -0.05) is 38.1 Å². The molecule has 0 amide bonds. The number of nitrogens with one attached hydrogen (secondary N) is 2. The van der Waals surface area contributed by atoms with Gasteiger partial charge in [0.25, 0.3) is 10.0 Å². The summed E-state index contributed by atoms with van der Waals surface area (Å²) in [6.07, 6.45) is 1.24. The summed E-state index contributed by atoms with van der Waals surface area (Å²) in [5, 5.41) is 2.16. The Kier molecular flexibility index (Phi) is 6.83. The fourth-order valence-corrected chi connectivity index (χ4v) is 6.51. The molecule has 37 heavy (non-hydrogen) atoms. The molecule has 2 unspecified atom stereocenters. The second kappa shape index (κ2) is 9.36. The van der Waals surface area contributed by atoms with Crippen LogP contribution in [0.3, 0.4) is 0 Å². The van der Waals surface area contributed by atoms with Crippen LogP contribution in [0.15, 0.2) is 51.8 Å². The van der Waals surface area contributed by atoms with E-state index in [2.05, 4.69) is 28.3 Å². The molecule has 2 aromatic rings. The Bertz CT molecular complexity index is 1530. The molecule has 0 fully saturated rings. The Morgan fingerprint density at radius 3 is 2.41 bits per heavy atom. The summed E-state index contributed by atoms with van der Waals surface area (Å²) in [7, 11) is -8.04. The number of carbonyl (C=O) groups excluding carboxylic acids is 2. The molecule has 2 N–H and O–H groups in total. The minimum Gasteiger partial charge on any atom is -0.341 e. The average molecular weight is 546 g/mol. The van der Waals surface area contributed by atoms with Gasteiger partial charge in [-0.2, -0.15) is 8.42 Å². The maximum atomic E-state index is 13.9. The van der Waals surface area contributed by atoms with Crippen molar-refractivity contribution < 1.29 is 26.4 Å². The third kappa shape index (κ3) is 4.82. The summed E-state index contributed by atoms with van der Waals surface area (Å²) in [4.78, 5) is 27.2. The average Bonchev–Trinajstić information content (AvgIpc) is 2.81. The summed E-state index contributed by atoms with van der Waals surface area (Å²) in [5.74, 6) is -2.23. The van der Waals surface area contributed by atoms with Crippen molar-refractivity contribution in [1.82, 2.24) is 0 Å². The largest absolute Gasteiger partial charge is 0.341 e. The Morgan fingerprint density at radius 1 is 1.08 bits per heavy atom. The van der Waals surface area contributed by atoms with Crippen LogP contribution in [-0.2, 0) is 30.3 Å². The lowest BCUT2D eigenvalue weighted by atomic mass is 9.63. The molecule has 2 aliphatic rings. The molecule has 0 spiro atoms. The molecule has 2 atom stereocenters. The predicted octanol–water partition coefficient (Wildman–Crippen LogP) is 4.13.